The lowest BCUT2D eigenvalue weighted by Gasteiger charge is -2.25. The second kappa shape index (κ2) is 7.05. The first-order valence-corrected chi connectivity index (χ1v) is 10.5. The molecule has 0 saturated carbocycles. The van der Waals surface area contributed by atoms with Crippen molar-refractivity contribution in [3.8, 4) is 0 Å². The summed E-state index contributed by atoms with van der Waals surface area (Å²) in [6.45, 7) is 7.47. The van der Waals surface area contributed by atoms with E-state index in [1.165, 1.54) is 16.5 Å². The molecule has 3 aromatic rings. The second-order valence-electron chi connectivity index (χ2n) is 8.16. The van der Waals surface area contributed by atoms with Crippen molar-refractivity contribution in [2.45, 2.75) is 31.6 Å². The van der Waals surface area contributed by atoms with E-state index in [4.69, 9.17) is 0 Å². The lowest BCUT2D eigenvalue weighted by Crippen LogP contribution is -2.30. The molecule has 1 heterocycles. The Bertz CT molecular complexity index is 972. The second-order valence-corrected chi connectivity index (χ2v) is 9.34. The predicted molar refractivity (Wildman–Crippen MR) is 115 cm³/mol. The molecule has 1 unspecified atom stereocenters. The number of nitrogens with zero attached hydrogens (tertiary/aromatic N) is 1. The maximum absolute atomic E-state index is 13.2. The minimum absolute atomic E-state index is 0.0954. The fourth-order valence-corrected chi connectivity index (χ4v) is 4.85. The molecule has 4 rings (SSSR count). The van der Waals surface area contributed by atoms with Gasteiger partial charge in [0.15, 0.2) is 0 Å². The fourth-order valence-electron chi connectivity index (χ4n) is 3.59. The van der Waals surface area contributed by atoms with Crippen LogP contribution in [0.2, 0.25) is 0 Å². The highest BCUT2D eigenvalue weighted by Gasteiger charge is 2.31. The average molecular weight is 376 g/mol. The van der Waals surface area contributed by atoms with Gasteiger partial charge in [-0.05, 0) is 39.4 Å². The van der Waals surface area contributed by atoms with Gasteiger partial charge in [-0.2, -0.15) is 0 Å². The number of fused-ring (bicyclic) bond motifs is 1. The van der Waals surface area contributed by atoms with E-state index in [-0.39, 0.29) is 16.7 Å². The molecule has 0 spiro atoms. The van der Waals surface area contributed by atoms with Crippen LogP contribution >= 0.6 is 11.8 Å². The molecule has 1 aliphatic heterocycles. The minimum Gasteiger partial charge on any atom is -0.322 e. The maximum atomic E-state index is 13.2. The lowest BCUT2D eigenvalue weighted by molar-refractivity contribution is 0.0760. The number of carbonyl (C=O) groups is 1. The predicted octanol–water partition coefficient (Wildman–Crippen LogP) is 6.03. The van der Waals surface area contributed by atoms with Gasteiger partial charge in [-0.25, -0.2) is 0 Å². The van der Waals surface area contributed by atoms with Crippen LogP contribution in [0.5, 0.6) is 0 Å². The molecule has 3 heteroatoms. The Morgan fingerprint density at radius 1 is 0.963 bits per heavy atom. The average Bonchev–Trinajstić information content (AvgIpc) is 3.16. The zero-order chi connectivity index (χ0) is 19.0. The van der Waals surface area contributed by atoms with Crippen LogP contribution in [-0.2, 0) is 5.41 Å². The summed E-state index contributed by atoms with van der Waals surface area (Å²) in [5, 5.41) is 2.37. The zero-order valence-electron chi connectivity index (χ0n) is 16.1. The topological polar surface area (TPSA) is 20.3 Å². The third-order valence-electron chi connectivity index (χ3n) is 5.21. The smallest absolute Gasteiger partial charge is 0.255 e. The Morgan fingerprint density at radius 2 is 1.67 bits per heavy atom. The molecule has 0 N–H and O–H groups in total. The summed E-state index contributed by atoms with van der Waals surface area (Å²) in [5.74, 6) is 1.10. The molecule has 0 aliphatic carbocycles. The molecule has 1 saturated heterocycles. The summed E-state index contributed by atoms with van der Waals surface area (Å²) in [4.78, 5) is 15.2. The summed E-state index contributed by atoms with van der Waals surface area (Å²) in [6.07, 6.45) is 0. The normalized spacial score (nSPS) is 17.4. The fraction of sp³-hybridized carbons (Fsp3) is 0.292. The number of carbonyl (C=O) groups excluding carboxylic acids is 1. The van der Waals surface area contributed by atoms with E-state index in [0.29, 0.717) is 0 Å². The van der Waals surface area contributed by atoms with Crippen molar-refractivity contribution in [3.63, 3.8) is 0 Å². The maximum Gasteiger partial charge on any atom is 0.255 e. The van der Waals surface area contributed by atoms with Gasteiger partial charge >= 0.3 is 0 Å². The first kappa shape index (κ1) is 18.1. The van der Waals surface area contributed by atoms with Crippen LogP contribution in [-0.4, -0.2) is 23.1 Å². The van der Waals surface area contributed by atoms with Crippen molar-refractivity contribution in [2.24, 2.45) is 0 Å². The first-order valence-electron chi connectivity index (χ1n) is 9.45. The van der Waals surface area contributed by atoms with Crippen LogP contribution in [0.15, 0.2) is 66.7 Å². The summed E-state index contributed by atoms with van der Waals surface area (Å²) in [6, 6.07) is 23.0. The molecule has 1 fully saturated rings. The molecule has 0 bridgehead atoms. The Labute approximate surface area is 165 Å². The van der Waals surface area contributed by atoms with Gasteiger partial charge in [0.05, 0.1) is 0 Å². The van der Waals surface area contributed by atoms with E-state index in [2.05, 4.69) is 57.2 Å². The molecular weight excluding hydrogens is 350 g/mol. The van der Waals surface area contributed by atoms with Crippen molar-refractivity contribution >= 4 is 28.4 Å². The van der Waals surface area contributed by atoms with E-state index in [0.717, 1.165) is 23.2 Å². The molecule has 1 aliphatic rings. The zero-order valence-corrected chi connectivity index (χ0v) is 16.9. The van der Waals surface area contributed by atoms with Gasteiger partial charge in [0, 0.05) is 17.9 Å². The number of benzene rings is 3. The summed E-state index contributed by atoms with van der Waals surface area (Å²) in [7, 11) is 0. The third-order valence-corrected chi connectivity index (χ3v) is 6.47. The highest BCUT2D eigenvalue weighted by Crippen LogP contribution is 2.39. The number of amides is 1. The van der Waals surface area contributed by atoms with Gasteiger partial charge in [0.25, 0.3) is 5.91 Å². The number of rotatable bonds is 2. The highest BCUT2D eigenvalue weighted by molar-refractivity contribution is 7.99. The molecule has 1 atom stereocenters. The first-order chi connectivity index (χ1) is 12.9. The Balaban J connectivity index is 1.61. The molecule has 2 nitrogen and oxygen atoms in total. The number of thioether (sulfide) groups is 1. The Hall–Kier alpha value is -2.26. The quantitative estimate of drug-likeness (QED) is 0.545. The Kier molecular flexibility index (Phi) is 4.73. The minimum atomic E-state index is 0.0954. The van der Waals surface area contributed by atoms with E-state index in [1.807, 2.05) is 47.0 Å². The van der Waals surface area contributed by atoms with E-state index >= 15 is 0 Å². The molecule has 0 aromatic heterocycles. The van der Waals surface area contributed by atoms with Crippen LogP contribution in [0.1, 0.15) is 47.6 Å². The molecule has 3 aromatic carbocycles. The molecule has 27 heavy (non-hydrogen) atoms. The Morgan fingerprint density at radius 3 is 2.37 bits per heavy atom. The molecule has 0 radical (unpaired) electrons. The number of hydrogen-bond donors (Lipinski definition) is 0. The van der Waals surface area contributed by atoms with Crippen molar-refractivity contribution < 1.29 is 4.79 Å². The molecule has 138 valence electrons. The SMILES string of the molecule is CC(C)(C)c1ccc(C2SCCN2C(=O)c2ccc3ccccc3c2)cc1. The van der Waals surface area contributed by atoms with Crippen LogP contribution in [0.4, 0.5) is 0 Å². The largest absolute Gasteiger partial charge is 0.322 e. The van der Waals surface area contributed by atoms with Crippen molar-refractivity contribution in [3.05, 3.63) is 83.4 Å². The van der Waals surface area contributed by atoms with Gasteiger partial charge in [-0.15, -0.1) is 11.8 Å². The van der Waals surface area contributed by atoms with Gasteiger partial charge in [-0.1, -0.05) is 75.4 Å². The summed E-state index contributed by atoms with van der Waals surface area (Å²) < 4.78 is 0. The van der Waals surface area contributed by atoms with Crippen molar-refractivity contribution in [1.82, 2.24) is 4.90 Å². The van der Waals surface area contributed by atoms with Gasteiger partial charge < -0.3 is 4.90 Å². The van der Waals surface area contributed by atoms with Gasteiger partial charge in [0.2, 0.25) is 0 Å². The molecule has 1 amide bonds. The van der Waals surface area contributed by atoms with Gasteiger partial charge in [0.1, 0.15) is 5.37 Å². The van der Waals surface area contributed by atoms with Gasteiger partial charge in [-0.3, -0.25) is 4.79 Å². The van der Waals surface area contributed by atoms with Crippen LogP contribution in [0.25, 0.3) is 10.8 Å². The highest BCUT2D eigenvalue weighted by atomic mass is 32.2. The lowest BCUT2D eigenvalue weighted by atomic mass is 9.86. The summed E-state index contributed by atoms with van der Waals surface area (Å²) >= 11 is 1.85. The van der Waals surface area contributed by atoms with Crippen molar-refractivity contribution in [2.75, 3.05) is 12.3 Å². The van der Waals surface area contributed by atoms with Crippen LogP contribution in [0.3, 0.4) is 0 Å². The third kappa shape index (κ3) is 3.61. The van der Waals surface area contributed by atoms with Crippen LogP contribution < -0.4 is 0 Å². The number of hydrogen-bond acceptors (Lipinski definition) is 2. The summed E-state index contributed by atoms with van der Waals surface area (Å²) in [5.41, 5.74) is 3.44. The van der Waals surface area contributed by atoms with Crippen molar-refractivity contribution in [1.29, 1.82) is 0 Å². The van der Waals surface area contributed by atoms with E-state index in [9.17, 15) is 4.79 Å². The standard InChI is InChI=1S/C24H25NOS/c1-24(2,3)21-12-10-18(11-13-21)23-25(14-15-27-23)22(26)20-9-8-17-6-4-5-7-19(17)16-20/h4-13,16,23H,14-15H2,1-3H3. The molecular formula is C24H25NOS. The van der Waals surface area contributed by atoms with E-state index < -0.39 is 0 Å². The van der Waals surface area contributed by atoms with Crippen LogP contribution in [0, 0.1) is 0 Å². The van der Waals surface area contributed by atoms with E-state index in [1.54, 1.807) is 0 Å². The monoisotopic (exact) mass is 375 g/mol.